The third-order valence-electron chi connectivity index (χ3n) is 4.22. The highest BCUT2D eigenvalue weighted by Gasteiger charge is 2.36. The van der Waals surface area contributed by atoms with Crippen molar-refractivity contribution in [1.29, 1.82) is 0 Å². The van der Waals surface area contributed by atoms with Gasteiger partial charge in [-0.15, -0.1) is 0 Å². The van der Waals surface area contributed by atoms with Gasteiger partial charge in [0.05, 0.1) is 6.04 Å². The van der Waals surface area contributed by atoms with Gasteiger partial charge < -0.3 is 5.32 Å². The van der Waals surface area contributed by atoms with Crippen LogP contribution in [0.15, 0.2) is 60.7 Å². The minimum atomic E-state index is 0.145. The second-order valence-electron chi connectivity index (χ2n) is 5.45. The van der Waals surface area contributed by atoms with Crippen molar-refractivity contribution in [2.24, 2.45) is 5.92 Å². The van der Waals surface area contributed by atoms with E-state index >= 15 is 0 Å². The summed E-state index contributed by atoms with van der Waals surface area (Å²) < 4.78 is 0. The maximum absolute atomic E-state index is 11.7. The molecule has 2 aromatic rings. The molecule has 2 nitrogen and oxygen atoms in total. The average Bonchev–Trinajstić information content (AvgIpc) is 2.88. The summed E-state index contributed by atoms with van der Waals surface area (Å²) in [7, 11) is 0. The molecule has 0 aromatic heterocycles. The molecular formula is C18H15NO. The summed E-state index contributed by atoms with van der Waals surface area (Å²) in [5.41, 5.74) is 4.95. The van der Waals surface area contributed by atoms with Gasteiger partial charge in [-0.1, -0.05) is 60.7 Å². The lowest BCUT2D eigenvalue weighted by Crippen LogP contribution is -2.23. The zero-order valence-corrected chi connectivity index (χ0v) is 11.0. The SMILES string of the molecule is O=C1C[C@H]2C=C(c3ccccc3)c3ccccc3[C@H]2N1. The minimum absolute atomic E-state index is 0.145. The summed E-state index contributed by atoms with van der Waals surface area (Å²) in [4.78, 5) is 11.7. The molecule has 2 aromatic carbocycles. The van der Waals surface area contributed by atoms with Crippen LogP contribution >= 0.6 is 0 Å². The molecule has 1 heterocycles. The van der Waals surface area contributed by atoms with Crippen LogP contribution in [-0.2, 0) is 4.79 Å². The Morgan fingerprint density at radius 3 is 2.55 bits per heavy atom. The molecule has 0 radical (unpaired) electrons. The van der Waals surface area contributed by atoms with Gasteiger partial charge in [0.25, 0.3) is 0 Å². The molecule has 98 valence electrons. The van der Waals surface area contributed by atoms with Crippen molar-refractivity contribution in [2.45, 2.75) is 12.5 Å². The topological polar surface area (TPSA) is 29.1 Å². The van der Waals surface area contributed by atoms with Crippen LogP contribution in [0.2, 0.25) is 0 Å². The predicted molar refractivity (Wildman–Crippen MR) is 79.0 cm³/mol. The van der Waals surface area contributed by atoms with E-state index in [1.165, 1.54) is 22.3 Å². The smallest absolute Gasteiger partial charge is 0.221 e. The molecule has 0 saturated carbocycles. The molecule has 1 N–H and O–H groups in total. The first-order valence-corrected chi connectivity index (χ1v) is 6.99. The molecule has 1 aliphatic carbocycles. The molecular weight excluding hydrogens is 246 g/mol. The lowest BCUT2D eigenvalue weighted by Gasteiger charge is -2.27. The Bertz CT molecular complexity index is 702. The Morgan fingerprint density at radius 1 is 0.950 bits per heavy atom. The summed E-state index contributed by atoms with van der Waals surface area (Å²) in [5.74, 6) is 0.424. The minimum Gasteiger partial charge on any atom is -0.349 e. The fraction of sp³-hybridized carbons (Fsp3) is 0.167. The standard InChI is InChI=1S/C18H15NO/c20-17-11-13-10-16(12-6-2-1-3-7-12)14-8-4-5-9-15(14)18(13)19-17/h1-10,13,18H,11H2,(H,19,20)/t13-,18+/m1/s1. The number of nitrogens with one attached hydrogen (secondary N) is 1. The van der Waals surface area contributed by atoms with E-state index in [0.717, 1.165) is 0 Å². The number of hydrogen-bond donors (Lipinski definition) is 1. The molecule has 0 bridgehead atoms. The van der Waals surface area contributed by atoms with Crippen molar-refractivity contribution < 1.29 is 4.79 Å². The van der Waals surface area contributed by atoms with Gasteiger partial charge in [-0.25, -0.2) is 0 Å². The molecule has 1 aliphatic heterocycles. The molecule has 0 spiro atoms. The number of benzene rings is 2. The fourth-order valence-electron chi connectivity index (χ4n) is 3.32. The molecule has 4 rings (SSSR count). The highest BCUT2D eigenvalue weighted by atomic mass is 16.2. The number of carbonyl (C=O) groups excluding carboxylic acids is 1. The lowest BCUT2D eigenvalue weighted by atomic mass is 9.79. The van der Waals surface area contributed by atoms with Crippen LogP contribution in [0.5, 0.6) is 0 Å². The Kier molecular flexibility index (Phi) is 2.49. The van der Waals surface area contributed by atoms with Crippen molar-refractivity contribution >= 4 is 11.5 Å². The van der Waals surface area contributed by atoms with Gasteiger partial charge in [0.15, 0.2) is 0 Å². The van der Waals surface area contributed by atoms with Gasteiger partial charge in [-0.3, -0.25) is 4.79 Å². The first kappa shape index (κ1) is 11.5. The summed E-state index contributed by atoms with van der Waals surface area (Å²) in [6, 6.07) is 18.9. The molecule has 1 fully saturated rings. The lowest BCUT2D eigenvalue weighted by molar-refractivity contribution is -0.119. The summed E-state index contributed by atoms with van der Waals surface area (Å²) in [6.07, 6.45) is 2.86. The second-order valence-corrected chi connectivity index (χ2v) is 5.45. The van der Waals surface area contributed by atoms with Crippen LogP contribution < -0.4 is 5.32 Å². The Morgan fingerprint density at radius 2 is 1.70 bits per heavy atom. The Hall–Kier alpha value is -2.35. The van der Waals surface area contributed by atoms with Crippen molar-refractivity contribution in [3.8, 4) is 0 Å². The highest BCUT2D eigenvalue weighted by molar-refractivity contribution is 5.87. The first-order chi connectivity index (χ1) is 9.83. The van der Waals surface area contributed by atoms with E-state index in [-0.39, 0.29) is 17.9 Å². The average molecular weight is 261 g/mol. The normalized spacial score (nSPS) is 23.6. The molecule has 2 atom stereocenters. The van der Waals surface area contributed by atoms with Gasteiger partial charge in [-0.05, 0) is 22.3 Å². The maximum atomic E-state index is 11.7. The van der Waals surface area contributed by atoms with Gasteiger partial charge >= 0.3 is 0 Å². The second kappa shape index (κ2) is 4.34. The van der Waals surface area contributed by atoms with Crippen LogP contribution in [0.25, 0.3) is 5.57 Å². The Labute approximate surface area is 118 Å². The van der Waals surface area contributed by atoms with E-state index in [9.17, 15) is 4.79 Å². The van der Waals surface area contributed by atoms with Gasteiger partial charge in [0.1, 0.15) is 0 Å². The number of carbonyl (C=O) groups is 1. The van der Waals surface area contributed by atoms with E-state index in [1.807, 2.05) is 12.1 Å². The van der Waals surface area contributed by atoms with Crippen molar-refractivity contribution in [2.75, 3.05) is 0 Å². The fourth-order valence-corrected chi connectivity index (χ4v) is 3.32. The van der Waals surface area contributed by atoms with E-state index < -0.39 is 0 Å². The monoisotopic (exact) mass is 261 g/mol. The maximum Gasteiger partial charge on any atom is 0.221 e. The molecule has 1 amide bonds. The molecule has 20 heavy (non-hydrogen) atoms. The van der Waals surface area contributed by atoms with Crippen LogP contribution in [0.1, 0.15) is 29.2 Å². The predicted octanol–water partition coefficient (Wildman–Crippen LogP) is 3.31. The van der Waals surface area contributed by atoms with E-state index in [2.05, 4.69) is 53.9 Å². The zero-order chi connectivity index (χ0) is 13.5. The highest BCUT2D eigenvalue weighted by Crippen LogP contribution is 2.43. The zero-order valence-electron chi connectivity index (χ0n) is 11.0. The molecule has 2 aliphatic rings. The molecule has 2 heteroatoms. The first-order valence-electron chi connectivity index (χ1n) is 6.99. The van der Waals surface area contributed by atoms with Gasteiger partial charge in [0, 0.05) is 12.3 Å². The quantitative estimate of drug-likeness (QED) is 0.838. The van der Waals surface area contributed by atoms with E-state index in [4.69, 9.17) is 0 Å². The summed E-state index contributed by atoms with van der Waals surface area (Å²) in [5, 5.41) is 3.10. The molecule has 0 unspecified atom stereocenters. The van der Waals surface area contributed by atoms with Gasteiger partial charge in [-0.2, -0.15) is 0 Å². The third-order valence-corrected chi connectivity index (χ3v) is 4.22. The summed E-state index contributed by atoms with van der Waals surface area (Å²) >= 11 is 0. The Balaban J connectivity index is 1.91. The van der Waals surface area contributed by atoms with Gasteiger partial charge in [0.2, 0.25) is 5.91 Å². The molecule has 1 saturated heterocycles. The van der Waals surface area contributed by atoms with Crippen molar-refractivity contribution in [3.05, 3.63) is 77.4 Å². The van der Waals surface area contributed by atoms with Crippen LogP contribution in [0.3, 0.4) is 0 Å². The van der Waals surface area contributed by atoms with E-state index in [0.29, 0.717) is 6.42 Å². The number of fused-ring (bicyclic) bond motifs is 3. The third kappa shape index (κ3) is 1.68. The van der Waals surface area contributed by atoms with Crippen molar-refractivity contribution in [3.63, 3.8) is 0 Å². The van der Waals surface area contributed by atoms with Crippen LogP contribution in [-0.4, -0.2) is 5.91 Å². The number of amides is 1. The number of hydrogen-bond acceptors (Lipinski definition) is 1. The number of rotatable bonds is 1. The van der Waals surface area contributed by atoms with Crippen molar-refractivity contribution in [1.82, 2.24) is 5.32 Å². The summed E-state index contributed by atoms with van der Waals surface area (Å²) in [6.45, 7) is 0. The van der Waals surface area contributed by atoms with E-state index in [1.54, 1.807) is 0 Å². The van der Waals surface area contributed by atoms with Crippen LogP contribution in [0, 0.1) is 5.92 Å². The van der Waals surface area contributed by atoms with Crippen LogP contribution in [0.4, 0.5) is 0 Å². The largest absolute Gasteiger partial charge is 0.349 e.